The van der Waals surface area contributed by atoms with Crippen molar-refractivity contribution in [1.82, 2.24) is 15.0 Å². The monoisotopic (exact) mass is 278 g/mol. The molecule has 2 rings (SSSR count). The van der Waals surface area contributed by atoms with E-state index in [1.54, 1.807) is 0 Å². The van der Waals surface area contributed by atoms with Crippen molar-refractivity contribution in [2.45, 2.75) is 10.1 Å². The molecule has 0 radical (unpaired) electrons. The molecular weight excluding hydrogens is 272 g/mol. The van der Waals surface area contributed by atoms with Gasteiger partial charge in [-0.15, -0.1) is 0 Å². The fourth-order valence-corrected chi connectivity index (χ4v) is 2.00. The van der Waals surface area contributed by atoms with Gasteiger partial charge in [-0.25, -0.2) is 14.8 Å². The number of rotatable bonds is 4. The van der Waals surface area contributed by atoms with Crippen molar-refractivity contribution in [2.24, 2.45) is 0 Å². The standard InChI is InChI=1S/C10H6N4O4S/c15-10(16)7-3-6(14(17)18)4-13-9(7)19-8-5-11-1-2-12-8/h1-5H,(H,15,16). The number of pyridine rings is 1. The summed E-state index contributed by atoms with van der Waals surface area (Å²) in [5, 5.41) is 20.2. The Kier molecular flexibility index (Phi) is 3.66. The van der Waals surface area contributed by atoms with E-state index in [1.165, 1.54) is 18.6 Å². The molecule has 0 atom stereocenters. The molecular formula is C10H6N4O4S. The zero-order valence-corrected chi connectivity index (χ0v) is 10.1. The number of aromatic nitrogens is 3. The third kappa shape index (κ3) is 3.01. The molecule has 0 fully saturated rings. The molecule has 96 valence electrons. The first-order valence-electron chi connectivity index (χ1n) is 4.89. The Hall–Kier alpha value is -2.55. The van der Waals surface area contributed by atoms with E-state index in [2.05, 4.69) is 15.0 Å². The second kappa shape index (κ2) is 5.40. The molecule has 9 heteroatoms. The van der Waals surface area contributed by atoms with Gasteiger partial charge < -0.3 is 5.11 Å². The van der Waals surface area contributed by atoms with Crippen LogP contribution in [0.15, 0.2) is 40.9 Å². The van der Waals surface area contributed by atoms with Crippen LogP contribution in [0.25, 0.3) is 0 Å². The molecule has 0 aliphatic rings. The van der Waals surface area contributed by atoms with Gasteiger partial charge in [0.05, 0.1) is 16.7 Å². The molecule has 0 aliphatic heterocycles. The lowest BCUT2D eigenvalue weighted by Crippen LogP contribution is -2.03. The van der Waals surface area contributed by atoms with Gasteiger partial charge >= 0.3 is 5.97 Å². The second-order valence-corrected chi connectivity index (χ2v) is 4.26. The van der Waals surface area contributed by atoms with E-state index < -0.39 is 10.9 Å². The fraction of sp³-hybridized carbons (Fsp3) is 0. The molecule has 0 aliphatic carbocycles. The summed E-state index contributed by atoms with van der Waals surface area (Å²) in [6.07, 6.45) is 5.38. The van der Waals surface area contributed by atoms with E-state index in [-0.39, 0.29) is 16.3 Å². The summed E-state index contributed by atoms with van der Waals surface area (Å²) in [6.45, 7) is 0. The van der Waals surface area contributed by atoms with Crippen molar-refractivity contribution in [3.63, 3.8) is 0 Å². The van der Waals surface area contributed by atoms with Gasteiger partial charge in [0.15, 0.2) is 0 Å². The van der Waals surface area contributed by atoms with E-state index >= 15 is 0 Å². The van der Waals surface area contributed by atoms with E-state index in [0.29, 0.717) is 5.03 Å². The molecule has 0 aromatic carbocycles. The lowest BCUT2D eigenvalue weighted by Gasteiger charge is -2.03. The number of hydrogen-bond donors (Lipinski definition) is 1. The highest BCUT2D eigenvalue weighted by atomic mass is 32.2. The zero-order valence-electron chi connectivity index (χ0n) is 9.26. The van der Waals surface area contributed by atoms with Crippen LogP contribution in [0.5, 0.6) is 0 Å². The van der Waals surface area contributed by atoms with Gasteiger partial charge in [-0.3, -0.25) is 15.1 Å². The summed E-state index contributed by atoms with van der Waals surface area (Å²) in [6, 6.07) is 0.966. The van der Waals surface area contributed by atoms with Crippen LogP contribution in [0.3, 0.4) is 0 Å². The van der Waals surface area contributed by atoms with Crippen molar-refractivity contribution in [1.29, 1.82) is 0 Å². The average Bonchev–Trinajstić information content (AvgIpc) is 2.39. The van der Waals surface area contributed by atoms with Gasteiger partial charge in [-0.05, 0) is 11.8 Å². The van der Waals surface area contributed by atoms with Crippen LogP contribution >= 0.6 is 11.8 Å². The minimum absolute atomic E-state index is 0.124. The molecule has 2 aromatic rings. The summed E-state index contributed by atoms with van der Waals surface area (Å²) in [4.78, 5) is 32.6. The Morgan fingerprint density at radius 3 is 2.68 bits per heavy atom. The molecule has 0 spiro atoms. The quantitative estimate of drug-likeness (QED) is 0.661. The first-order chi connectivity index (χ1) is 9.08. The number of carbonyl (C=O) groups is 1. The third-order valence-corrected chi connectivity index (χ3v) is 2.96. The van der Waals surface area contributed by atoms with Crippen LogP contribution in [-0.2, 0) is 0 Å². The molecule has 0 amide bonds. The van der Waals surface area contributed by atoms with Gasteiger partial charge in [-0.1, -0.05) is 0 Å². The average molecular weight is 278 g/mol. The van der Waals surface area contributed by atoms with E-state index in [0.717, 1.165) is 24.0 Å². The summed E-state index contributed by atoms with van der Waals surface area (Å²) >= 11 is 0.975. The minimum atomic E-state index is -1.29. The van der Waals surface area contributed by atoms with Gasteiger partial charge in [0.1, 0.15) is 16.2 Å². The molecule has 2 heterocycles. The molecule has 0 unspecified atom stereocenters. The first-order valence-corrected chi connectivity index (χ1v) is 5.71. The number of aromatic carboxylic acids is 1. The van der Waals surface area contributed by atoms with Crippen LogP contribution in [0.2, 0.25) is 0 Å². The number of hydrogen-bond acceptors (Lipinski definition) is 7. The van der Waals surface area contributed by atoms with Crippen LogP contribution in [0.4, 0.5) is 5.69 Å². The van der Waals surface area contributed by atoms with Crippen LogP contribution in [0, 0.1) is 10.1 Å². The Morgan fingerprint density at radius 2 is 2.11 bits per heavy atom. The summed E-state index contributed by atoms with van der Waals surface area (Å²) in [5.74, 6) is -1.29. The molecule has 19 heavy (non-hydrogen) atoms. The predicted molar refractivity (Wildman–Crippen MR) is 64.0 cm³/mol. The molecule has 0 saturated heterocycles. The minimum Gasteiger partial charge on any atom is -0.478 e. The van der Waals surface area contributed by atoms with Crippen LogP contribution < -0.4 is 0 Å². The topological polar surface area (TPSA) is 119 Å². The van der Waals surface area contributed by atoms with Crippen LogP contribution in [-0.4, -0.2) is 31.0 Å². The highest BCUT2D eigenvalue weighted by Crippen LogP contribution is 2.28. The lowest BCUT2D eigenvalue weighted by molar-refractivity contribution is -0.385. The Bertz CT molecular complexity index is 635. The van der Waals surface area contributed by atoms with Crippen molar-refractivity contribution in [3.8, 4) is 0 Å². The molecule has 2 aromatic heterocycles. The van der Waals surface area contributed by atoms with Gasteiger partial charge in [0, 0.05) is 18.5 Å². The van der Waals surface area contributed by atoms with Gasteiger partial charge in [0.2, 0.25) is 0 Å². The van der Waals surface area contributed by atoms with Gasteiger partial charge in [0.25, 0.3) is 5.69 Å². The van der Waals surface area contributed by atoms with E-state index in [9.17, 15) is 14.9 Å². The molecule has 0 saturated carbocycles. The number of nitro groups is 1. The normalized spacial score (nSPS) is 10.1. The second-order valence-electron chi connectivity index (χ2n) is 3.25. The van der Waals surface area contributed by atoms with Crippen molar-refractivity contribution in [2.75, 3.05) is 0 Å². The highest BCUT2D eigenvalue weighted by Gasteiger charge is 2.18. The maximum absolute atomic E-state index is 11.1. The van der Waals surface area contributed by atoms with Crippen molar-refractivity contribution < 1.29 is 14.8 Å². The largest absolute Gasteiger partial charge is 0.478 e. The highest BCUT2D eigenvalue weighted by molar-refractivity contribution is 7.99. The molecule has 1 N–H and O–H groups in total. The van der Waals surface area contributed by atoms with Gasteiger partial charge in [-0.2, -0.15) is 0 Å². The van der Waals surface area contributed by atoms with Crippen LogP contribution in [0.1, 0.15) is 10.4 Å². The Labute approximate surface area is 110 Å². The summed E-state index contributed by atoms with van der Waals surface area (Å²) in [5.41, 5.74) is -0.620. The van der Waals surface area contributed by atoms with E-state index in [1.807, 2.05) is 0 Å². The maximum Gasteiger partial charge on any atom is 0.338 e. The fourth-order valence-electron chi connectivity index (χ4n) is 1.21. The summed E-state index contributed by atoms with van der Waals surface area (Å²) < 4.78 is 0. The Balaban J connectivity index is 2.40. The zero-order chi connectivity index (χ0) is 13.8. The maximum atomic E-state index is 11.1. The lowest BCUT2D eigenvalue weighted by atomic mass is 10.3. The number of carboxylic acid groups (broad SMARTS) is 1. The first kappa shape index (κ1) is 12.9. The predicted octanol–water partition coefficient (Wildman–Crippen LogP) is 1.63. The van der Waals surface area contributed by atoms with Crippen molar-refractivity contribution in [3.05, 3.63) is 46.5 Å². The third-order valence-electron chi connectivity index (χ3n) is 2.02. The van der Waals surface area contributed by atoms with Crippen molar-refractivity contribution >= 4 is 23.4 Å². The smallest absolute Gasteiger partial charge is 0.338 e. The number of carboxylic acids is 1. The Morgan fingerprint density at radius 1 is 1.32 bits per heavy atom. The summed E-state index contributed by atoms with van der Waals surface area (Å²) in [7, 11) is 0. The number of nitrogens with zero attached hydrogens (tertiary/aromatic N) is 4. The SMILES string of the molecule is O=C(O)c1cc([N+](=O)[O-])cnc1Sc1cnccn1. The molecule has 0 bridgehead atoms. The molecule has 8 nitrogen and oxygen atoms in total. The van der Waals surface area contributed by atoms with E-state index in [4.69, 9.17) is 5.11 Å².